The summed E-state index contributed by atoms with van der Waals surface area (Å²) in [5.41, 5.74) is 4.03. The number of H-pyrrole nitrogens is 1. The lowest BCUT2D eigenvalue weighted by Crippen LogP contribution is -2.43. The lowest BCUT2D eigenvalue weighted by molar-refractivity contribution is 0.0412. The van der Waals surface area contributed by atoms with Crippen molar-refractivity contribution in [2.24, 2.45) is 5.41 Å². The van der Waals surface area contributed by atoms with E-state index in [2.05, 4.69) is 27.2 Å². The smallest absolute Gasteiger partial charge is 0.118 e. The number of hydrogen-bond acceptors (Lipinski definition) is 4. The highest BCUT2D eigenvalue weighted by Crippen LogP contribution is 2.37. The lowest BCUT2D eigenvalue weighted by Gasteiger charge is -2.41. The summed E-state index contributed by atoms with van der Waals surface area (Å²) in [7, 11) is 1.69. The molecule has 0 spiro atoms. The van der Waals surface area contributed by atoms with Gasteiger partial charge in [-0.2, -0.15) is 5.10 Å². The number of aromatic nitrogens is 2. The molecule has 1 saturated carbocycles. The van der Waals surface area contributed by atoms with Crippen molar-refractivity contribution in [3.05, 3.63) is 47.3 Å². The summed E-state index contributed by atoms with van der Waals surface area (Å²) in [6.07, 6.45) is 11.7. The summed E-state index contributed by atoms with van der Waals surface area (Å²) in [4.78, 5) is 2.54. The molecule has 1 saturated heterocycles. The molecule has 0 amide bonds. The highest BCUT2D eigenvalue weighted by molar-refractivity contribution is 5.28. The number of nitrogens with one attached hydrogen (secondary N) is 1. The van der Waals surface area contributed by atoms with Crippen LogP contribution in [0.3, 0.4) is 0 Å². The van der Waals surface area contributed by atoms with Crippen LogP contribution in [0.1, 0.15) is 67.7 Å². The zero-order valence-corrected chi connectivity index (χ0v) is 17.7. The van der Waals surface area contributed by atoms with Crippen molar-refractivity contribution < 1.29 is 9.84 Å². The Labute approximate surface area is 174 Å². The molecule has 2 aromatic rings. The third-order valence-electron chi connectivity index (χ3n) is 7.15. The highest BCUT2D eigenvalue weighted by Gasteiger charge is 2.34. The molecule has 2 fully saturated rings. The number of hydrogen-bond donors (Lipinski definition) is 2. The second-order valence-electron chi connectivity index (χ2n) is 9.10. The minimum absolute atomic E-state index is 0.00627. The Morgan fingerprint density at radius 3 is 2.52 bits per heavy atom. The number of benzene rings is 1. The number of nitrogens with zero attached hydrogens (tertiary/aromatic N) is 2. The van der Waals surface area contributed by atoms with Crippen molar-refractivity contribution >= 4 is 0 Å². The molecule has 0 atom stereocenters. The first-order chi connectivity index (χ1) is 14.2. The molecular weight excluding hydrogens is 362 g/mol. The Morgan fingerprint density at radius 2 is 1.86 bits per heavy atom. The molecule has 1 aliphatic carbocycles. The fourth-order valence-electron chi connectivity index (χ4n) is 5.19. The largest absolute Gasteiger partial charge is 0.497 e. The summed E-state index contributed by atoms with van der Waals surface area (Å²) in [6, 6.07) is 8.29. The molecule has 158 valence electrons. The van der Waals surface area contributed by atoms with Crippen molar-refractivity contribution in [3.63, 3.8) is 0 Å². The van der Waals surface area contributed by atoms with Crippen LogP contribution in [0.4, 0.5) is 0 Å². The van der Waals surface area contributed by atoms with Crippen LogP contribution in [0, 0.1) is 5.41 Å². The Morgan fingerprint density at radius 1 is 1.14 bits per heavy atom. The van der Waals surface area contributed by atoms with E-state index in [0.717, 1.165) is 44.6 Å². The van der Waals surface area contributed by atoms with Gasteiger partial charge in [-0.3, -0.25) is 10.00 Å². The normalized spacial score (nSPS) is 20.6. The Kier molecular flexibility index (Phi) is 6.56. The fraction of sp³-hybridized carbons (Fsp3) is 0.625. The first-order valence-corrected chi connectivity index (χ1v) is 11.2. The number of methoxy groups -OCH3 is 1. The van der Waals surface area contributed by atoms with E-state index >= 15 is 0 Å². The van der Waals surface area contributed by atoms with Gasteiger partial charge in [0, 0.05) is 30.3 Å². The van der Waals surface area contributed by atoms with Gasteiger partial charge in [0.2, 0.25) is 0 Å². The molecule has 1 aliphatic heterocycles. The molecule has 4 rings (SSSR count). The minimum atomic E-state index is -0.00627. The second-order valence-corrected chi connectivity index (χ2v) is 9.10. The number of piperidine rings is 1. The maximum absolute atomic E-state index is 10.2. The van der Waals surface area contributed by atoms with Crippen LogP contribution in [0.2, 0.25) is 0 Å². The van der Waals surface area contributed by atoms with Crippen molar-refractivity contribution in [1.82, 2.24) is 15.1 Å². The maximum atomic E-state index is 10.2. The number of rotatable bonds is 7. The van der Waals surface area contributed by atoms with E-state index in [9.17, 15) is 5.11 Å². The first kappa shape index (κ1) is 20.4. The molecule has 1 aromatic carbocycles. The number of aromatic amines is 1. The van der Waals surface area contributed by atoms with Gasteiger partial charge < -0.3 is 9.84 Å². The van der Waals surface area contributed by atoms with Crippen LogP contribution in [-0.4, -0.2) is 47.0 Å². The number of aliphatic hydroxyl groups is 1. The van der Waals surface area contributed by atoms with Crippen molar-refractivity contribution in [2.45, 2.75) is 63.8 Å². The molecular formula is C24H35N3O2. The predicted octanol–water partition coefficient (Wildman–Crippen LogP) is 4.28. The lowest BCUT2D eigenvalue weighted by atomic mass is 9.74. The van der Waals surface area contributed by atoms with E-state index in [1.165, 1.54) is 48.9 Å². The number of aliphatic hydroxyl groups excluding tert-OH is 1. The highest BCUT2D eigenvalue weighted by atomic mass is 16.5. The standard InChI is InChI=1S/C24H35N3O2/c1-29-22-9-7-19(8-10-22)15-24(18-28)11-13-27(14-12-24)17-21-16-25-26-23(21)20-5-3-2-4-6-20/h7-10,16,20,28H,2-6,11-15,17-18H2,1H3,(H,25,26). The second kappa shape index (κ2) is 9.31. The molecule has 5 nitrogen and oxygen atoms in total. The zero-order valence-electron chi connectivity index (χ0n) is 17.7. The third-order valence-corrected chi connectivity index (χ3v) is 7.15. The molecule has 2 heterocycles. The van der Waals surface area contributed by atoms with Gasteiger partial charge in [0.25, 0.3) is 0 Å². The molecule has 1 aromatic heterocycles. The Balaban J connectivity index is 1.35. The van der Waals surface area contributed by atoms with Crippen LogP contribution >= 0.6 is 0 Å². The Bertz CT molecular complexity index is 757. The first-order valence-electron chi connectivity index (χ1n) is 11.2. The van der Waals surface area contributed by atoms with Crippen LogP contribution in [0.5, 0.6) is 5.75 Å². The summed E-state index contributed by atoms with van der Waals surface area (Å²) >= 11 is 0. The molecule has 0 radical (unpaired) electrons. The summed E-state index contributed by atoms with van der Waals surface area (Å²) in [5.74, 6) is 1.55. The zero-order chi connectivity index (χ0) is 20.1. The van der Waals surface area contributed by atoms with Gasteiger partial charge in [0.15, 0.2) is 0 Å². The van der Waals surface area contributed by atoms with Gasteiger partial charge in [-0.05, 0) is 68.3 Å². The van der Waals surface area contributed by atoms with Crippen LogP contribution in [0.25, 0.3) is 0 Å². The van der Waals surface area contributed by atoms with Gasteiger partial charge in [-0.15, -0.1) is 0 Å². The summed E-state index contributed by atoms with van der Waals surface area (Å²) in [6.45, 7) is 3.30. The van der Waals surface area contributed by atoms with Crippen molar-refractivity contribution in [3.8, 4) is 5.75 Å². The molecule has 0 unspecified atom stereocenters. The van der Waals surface area contributed by atoms with E-state index < -0.39 is 0 Å². The average Bonchev–Trinajstić information content (AvgIpc) is 3.24. The van der Waals surface area contributed by atoms with E-state index in [1.54, 1.807) is 7.11 Å². The van der Waals surface area contributed by atoms with E-state index in [0.29, 0.717) is 5.92 Å². The summed E-state index contributed by atoms with van der Waals surface area (Å²) < 4.78 is 5.26. The minimum Gasteiger partial charge on any atom is -0.497 e. The molecule has 2 N–H and O–H groups in total. The van der Waals surface area contributed by atoms with Crippen LogP contribution < -0.4 is 4.74 Å². The molecule has 0 bridgehead atoms. The molecule has 29 heavy (non-hydrogen) atoms. The fourth-order valence-corrected chi connectivity index (χ4v) is 5.19. The van der Waals surface area contributed by atoms with E-state index in [1.807, 2.05) is 18.3 Å². The van der Waals surface area contributed by atoms with E-state index in [-0.39, 0.29) is 12.0 Å². The van der Waals surface area contributed by atoms with Crippen LogP contribution in [0.15, 0.2) is 30.5 Å². The maximum Gasteiger partial charge on any atom is 0.118 e. The number of ether oxygens (including phenoxy) is 1. The Hall–Kier alpha value is -1.85. The van der Waals surface area contributed by atoms with Crippen molar-refractivity contribution in [1.29, 1.82) is 0 Å². The molecule has 2 aliphatic rings. The average molecular weight is 398 g/mol. The topological polar surface area (TPSA) is 61.4 Å². The molecule has 5 heteroatoms. The monoisotopic (exact) mass is 397 g/mol. The van der Waals surface area contributed by atoms with Crippen molar-refractivity contribution in [2.75, 3.05) is 26.8 Å². The van der Waals surface area contributed by atoms with Gasteiger partial charge in [-0.1, -0.05) is 31.4 Å². The van der Waals surface area contributed by atoms with Gasteiger partial charge >= 0.3 is 0 Å². The summed E-state index contributed by atoms with van der Waals surface area (Å²) in [5, 5.41) is 17.9. The third kappa shape index (κ3) is 4.84. The quantitative estimate of drug-likeness (QED) is 0.732. The van der Waals surface area contributed by atoms with Gasteiger partial charge in [0.1, 0.15) is 5.75 Å². The SMILES string of the molecule is COc1ccc(CC2(CO)CCN(Cc3cn[nH]c3C3CCCCC3)CC2)cc1. The number of likely N-dealkylation sites (tertiary alicyclic amines) is 1. The van der Waals surface area contributed by atoms with Gasteiger partial charge in [0.05, 0.1) is 13.3 Å². The van der Waals surface area contributed by atoms with Gasteiger partial charge in [-0.25, -0.2) is 0 Å². The predicted molar refractivity (Wildman–Crippen MR) is 115 cm³/mol. The van der Waals surface area contributed by atoms with Crippen LogP contribution in [-0.2, 0) is 13.0 Å². The van der Waals surface area contributed by atoms with E-state index in [4.69, 9.17) is 4.74 Å².